The summed E-state index contributed by atoms with van der Waals surface area (Å²) >= 11 is 0. The SMILES string of the molecule is CC(=O)NCC1(CC(=O)O)CCCCC1. The second kappa shape index (κ2) is 5.14. The Hall–Kier alpha value is -1.06. The fourth-order valence-electron chi connectivity index (χ4n) is 2.35. The van der Waals surface area contributed by atoms with Crippen LogP contribution in [0.3, 0.4) is 0 Å². The molecular formula is C11H19NO3. The number of carboxylic acid groups (broad SMARTS) is 1. The van der Waals surface area contributed by atoms with Gasteiger partial charge in [0.2, 0.25) is 5.91 Å². The lowest BCUT2D eigenvalue weighted by Gasteiger charge is -2.36. The summed E-state index contributed by atoms with van der Waals surface area (Å²) in [4.78, 5) is 21.7. The first-order valence-electron chi connectivity index (χ1n) is 5.50. The first-order valence-corrected chi connectivity index (χ1v) is 5.50. The Balaban J connectivity index is 2.57. The normalized spacial score (nSPS) is 19.5. The fraction of sp³-hybridized carbons (Fsp3) is 0.818. The number of carbonyl (C=O) groups excluding carboxylic acids is 1. The van der Waals surface area contributed by atoms with Gasteiger partial charge in [-0.3, -0.25) is 9.59 Å². The van der Waals surface area contributed by atoms with Crippen LogP contribution in [-0.4, -0.2) is 23.5 Å². The van der Waals surface area contributed by atoms with E-state index >= 15 is 0 Å². The highest BCUT2D eigenvalue weighted by molar-refractivity contribution is 5.73. The number of hydrogen-bond acceptors (Lipinski definition) is 2. The Labute approximate surface area is 90.0 Å². The van der Waals surface area contributed by atoms with E-state index in [1.807, 2.05) is 0 Å². The predicted molar refractivity (Wildman–Crippen MR) is 56.5 cm³/mol. The van der Waals surface area contributed by atoms with E-state index < -0.39 is 5.97 Å². The zero-order chi connectivity index (χ0) is 11.3. The van der Waals surface area contributed by atoms with Crippen LogP contribution >= 0.6 is 0 Å². The molecule has 0 aromatic carbocycles. The van der Waals surface area contributed by atoms with E-state index in [0.717, 1.165) is 25.7 Å². The molecule has 1 fully saturated rings. The zero-order valence-electron chi connectivity index (χ0n) is 9.21. The molecule has 15 heavy (non-hydrogen) atoms. The summed E-state index contributed by atoms with van der Waals surface area (Å²) in [7, 11) is 0. The second-order valence-corrected chi connectivity index (χ2v) is 4.54. The van der Waals surface area contributed by atoms with E-state index in [1.165, 1.54) is 13.3 Å². The summed E-state index contributed by atoms with van der Waals surface area (Å²) < 4.78 is 0. The van der Waals surface area contributed by atoms with Crippen LogP contribution in [0.2, 0.25) is 0 Å². The largest absolute Gasteiger partial charge is 0.481 e. The topological polar surface area (TPSA) is 66.4 Å². The Morgan fingerprint density at radius 3 is 2.33 bits per heavy atom. The minimum absolute atomic E-state index is 0.0784. The Morgan fingerprint density at radius 1 is 1.27 bits per heavy atom. The molecule has 2 N–H and O–H groups in total. The molecule has 0 unspecified atom stereocenters. The van der Waals surface area contributed by atoms with Gasteiger partial charge >= 0.3 is 5.97 Å². The summed E-state index contributed by atoms with van der Waals surface area (Å²) in [6.45, 7) is 1.98. The maximum atomic E-state index is 10.9. The molecule has 0 aromatic heterocycles. The number of carbonyl (C=O) groups is 2. The first-order chi connectivity index (χ1) is 7.04. The van der Waals surface area contributed by atoms with Crippen LogP contribution in [0.15, 0.2) is 0 Å². The molecule has 4 heteroatoms. The van der Waals surface area contributed by atoms with E-state index in [4.69, 9.17) is 5.11 Å². The van der Waals surface area contributed by atoms with Crippen molar-refractivity contribution in [3.05, 3.63) is 0 Å². The maximum Gasteiger partial charge on any atom is 0.303 e. The van der Waals surface area contributed by atoms with Gasteiger partial charge in [0.05, 0.1) is 6.42 Å². The van der Waals surface area contributed by atoms with Crippen molar-refractivity contribution in [2.45, 2.75) is 45.4 Å². The van der Waals surface area contributed by atoms with Crippen LogP contribution in [0.1, 0.15) is 45.4 Å². The highest BCUT2D eigenvalue weighted by atomic mass is 16.4. The monoisotopic (exact) mass is 213 g/mol. The van der Waals surface area contributed by atoms with Crippen LogP contribution in [0, 0.1) is 5.41 Å². The third-order valence-corrected chi connectivity index (χ3v) is 3.15. The number of rotatable bonds is 4. The molecule has 0 atom stereocenters. The second-order valence-electron chi connectivity index (χ2n) is 4.54. The predicted octanol–water partition coefficient (Wildman–Crippen LogP) is 1.55. The van der Waals surface area contributed by atoms with Gasteiger partial charge < -0.3 is 10.4 Å². The Kier molecular flexibility index (Phi) is 4.12. The van der Waals surface area contributed by atoms with Crippen molar-refractivity contribution in [2.24, 2.45) is 5.41 Å². The van der Waals surface area contributed by atoms with Crippen molar-refractivity contribution in [3.8, 4) is 0 Å². The molecule has 0 spiro atoms. The number of aliphatic carboxylic acids is 1. The quantitative estimate of drug-likeness (QED) is 0.744. The maximum absolute atomic E-state index is 10.9. The highest BCUT2D eigenvalue weighted by Gasteiger charge is 2.34. The molecule has 86 valence electrons. The zero-order valence-corrected chi connectivity index (χ0v) is 9.21. The van der Waals surface area contributed by atoms with Crippen LogP contribution in [0.25, 0.3) is 0 Å². The van der Waals surface area contributed by atoms with Crippen LogP contribution in [0.5, 0.6) is 0 Å². The van der Waals surface area contributed by atoms with Crippen LogP contribution in [0.4, 0.5) is 0 Å². The van der Waals surface area contributed by atoms with Crippen molar-refractivity contribution >= 4 is 11.9 Å². The molecule has 1 rings (SSSR count). The Morgan fingerprint density at radius 2 is 1.87 bits per heavy atom. The van der Waals surface area contributed by atoms with Gasteiger partial charge in [0.1, 0.15) is 0 Å². The summed E-state index contributed by atoms with van der Waals surface area (Å²) in [5.41, 5.74) is -0.199. The molecule has 4 nitrogen and oxygen atoms in total. The molecule has 0 aliphatic heterocycles. The highest BCUT2D eigenvalue weighted by Crippen LogP contribution is 2.38. The van der Waals surface area contributed by atoms with Gasteiger partial charge in [-0.1, -0.05) is 19.3 Å². The molecule has 0 radical (unpaired) electrons. The third-order valence-electron chi connectivity index (χ3n) is 3.15. The number of nitrogens with one attached hydrogen (secondary N) is 1. The minimum atomic E-state index is -0.762. The van der Waals surface area contributed by atoms with Gasteiger partial charge in [-0.15, -0.1) is 0 Å². The van der Waals surface area contributed by atoms with Gasteiger partial charge in [-0.2, -0.15) is 0 Å². The minimum Gasteiger partial charge on any atom is -0.481 e. The lowest BCUT2D eigenvalue weighted by Crippen LogP contribution is -2.39. The molecule has 0 heterocycles. The van der Waals surface area contributed by atoms with Crippen molar-refractivity contribution in [2.75, 3.05) is 6.54 Å². The van der Waals surface area contributed by atoms with E-state index in [9.17, 15) is 9.59 Å². The van der Waals surface area contributed by atoms with Gasteiger partial charge in [0, 0.05) is 13.5 Å². The van der Waals surface area contributed by atoms with Gasteiger partial charge in [0.25, 0.3) is 0 Å². The molecule has 0 bridgehead atoms. The first kappa shape index (κ1) is 12.0. The van der Waals surface area contributed by atoms with Crippen molar-refractivity contribution in [1.29, 1.82) is 0 Å². The van der Waals surface area contributed by atoms with E-state index in [2.05, 4.69) is 5.32 Å². The van der Waals surface area contributed by atoms with Crippen molar-refractivity contribution in [1.82, 2.24) is 5.32 Å². The van der Waals surface area contributed by atoms with Gasteiger partial charge in [-0.05, 0) is 18.3 Å². The van der Waals surface area contributed by atoms with E-state index in [1.54, 1.807) is 0 Å². The average molecular weight is 213 g/mol. The lowest BCUT2D eigenvalue weighted by molar-refractivity contribution is -0.140. The smallest absolute Gasteiger partial charge is 0.303 e. The van der Waals surface area contributed by atoms with E-state index in [-0.39, 0.29) is 17.7 Å². The number of carboxylic acids is 1. The van der Waals surface area contributed by atoms with E-state index in [0.29, 0.717) is 6.54 Å². The number of hydrogen-bond donors (Lipinski definition) is 2. The molecule has 0 saturated heterocycles. The molecule has 0 aromatic rings. The molecule has 1 saturated carbocycles. The van der Waals surface area contributed by atoms with Crippen LogP contribution in [-0.2, 0) is 9.59 Å². The standard InChI is InChI=1S/C11H19NO3/c1-9(13)12-8-11(7-10(14)15)5-3-2-4-6-11/h2-8H2,1H3,(H,12,13)(H,14,15). The molecular weight excluding hydrogens is 194 g/mol. The van der Waals surface area contributed by atoms with Crippen molar-refractivity contribution < 1.29 is 14.7 Å². The van der Waals surface area contributed by atoms with Gasteiger partial charge in [0.15, 0.2) is 0 Å². The summed E-state index contributed by atoms with van der Waals surface area (Å²) in [6.07, 6.45) is 5.34. The summed E-state index contributed by atoms with van der Waals surface area (Å²) in [6, 6.07) is 0. The lowest BCUT2D eigenvalue weighted by atomic mass is 9.71. The molecule has 1 amide bonds. The average Bonchev–Trinajstić information content (AvgIpc) is 2.15. The molecule has 1 aliphatic rings. The Bertz CT molecular complexity index is 244. The molecule has 1 aliphatic carbocycles. The summed E-state index contributed by atoms with van der Waals surface area (Å²) in [5, 5.41) is 11.6. The van der Waals surface area contributed by atoms with Gasteiger partial charge in [-0.25, -0.2) is 0 Å². The third kappa shape index (κ3) is 3.90. The number of amides is 1. The fourth-order valence-corrected chi connectivity index (χ4v) is 2.35. The van der Waals surface area contributed by atoms with Crippen molar-refractivity contribution in [3.63, 3.8) is 0 Å². The summed E-state index contributed by atoms with van der Waals surface area (Å²) in [5.74, 6) is -0.840. The van der Waals surface area contributed by atoms with Crippen LogP contribution < -0.4 is 5.32 Å².